The minimum Gasteiger partial charge on any atom is -0.267 e. The quantitative estimate of drug-likeness (QED) is 0.833. The molecule has 0 saturated carbocycles. The third-order valence-corrected chi connectivity index (χ3v) is 3.22. The summed E-state index contributed by atoms with van der Waals surface area (Å²) >= 11 is 0. The summed E-state index contributed by atoms with van der Waals surface area (Å²) in [6, 6.07) is 12.4. The minimum absolute atomic E-state index is 0.248. The van der Waals surface area contributed by atoms with Crippen LogP contribution in [0.15, 0.2) is 48.7 Å². The number of benzene rings is 1. The highest BCUT2D eigenvalue weighted by atomic mass is 16.2. The maximum atomic E-state index is 12.0. The molecule has 5 heteroatoms. The summed E-state index contributed by atoms with van der Waals surface area (Å²) in [7, 11) is 0. The van der Waals surface area contributed by atoms with E-state index in [9.17, 15) is 9.59 Å². The van der Waals surface area contributed by atoms with Gasteiger partial charge in [-0.3, -0.25) is 25.4 Å². The topological polar surface area (TPSA) is 71.1 Å². The maximum Gasteiger partial charge on any atom is 0.288 e. The molecule has 2 amide bonds. The summed E-state index contributed by atoms with van der Waals surface area (Å²) in [5.74, 6) is -0.806. The fourth-order valence-electron chi connectivity index (χ4n) is 1.95. The molecule has 22 heavy (non-hydrogen) atoms. The molecule has 1 aromatic carbocycles. The molecule has 0 fully saturated rings. The molecule has 0 spiro atoms. The van der Waals surface area contributed by atoms with E-state index < -0.39 is 5.91 Å². The van der Waals surface area contributed by atoms with E-state index in [2.05, 4.69) is 22.8 Å². The predicted molar refractivity (Wildman–Crippen MR) is 84.2 cm³/mol. The van der Waals surface area contributed by atoms with Crippen molar-refractivity contribution in [3.63, 3.8) is 0 Å². The first kappa shape index (κ1) is 15.7. The lowest BCUT2D eigenvalue weighted by atomic mass is 10.1. The summed E-state index contributed by atoms with van der Waals surface area (Å²) in [5, 5.41) is 0. The summed E-state index contributed by atoms with van der Waals surface area (Å²) in [6.07, 6.45) is 4.80. The van der Waals surface area contributed by atoms with Gasteiger partial charge in [0.15, 0.2) is 0 Å². The van der Waals surface area contributed by atoms with Crippen LogP contribution in [0.1, 0.15) is 46.2 Å². The Morgan fingerprint density at radius 3 is 2.36 bits per heavy atom. The van der Waals surface area contributed by atoms with Crippen LogP contribution in [0.5, 0.6) is 0 Å². The third-order valence-electron chi connectivity index (χ3n) is 3.22. The summed E-state index contributed by atoms with van der Waals surface area (Å²) < 4.78 is 0. The number of rotatable bonds is 5. The molecular weight excluding hydrogens is 278 g/mol. The van der Waals surface area contributed by atoms with Gasteiger partial charge in [-0.1, -0.05) is 31.5 Å². The van der Waals surface area contributed by atoms with Gasteiger partial charge in [-0.05, 0) is 42.7 Å². The molecule has 2 N–H and O–H groups in total. The highest BCUT2D eigenvalue weighted by Gasteiger charge is 2.09. The van der Waals surface area contributed by atoms with Crippen molar-refractivity contribution in [2.45, 2.75) is 26.2 Å². The second kappa shape index (κ2) is 7.93. The number of pyridine rings is 1. The first-order chi connectivity index (χ1) is 10.7. The molecule has 0 aliphatic heterocycles. The lowest BCUT2D eigenvalue weighted by Crippen LogP contribution is -2.41. The zero-order chi connectivity index (χ0) is 15.8. The monoisotopic (exact) mass is 297 g/mol. The molecule has 0 radical (unpaired) electrons. The molecule has 1 heterocycles. The van der Waals surface area contributed by atoms with Crippen molar-refractivity contribution < 1.29 is 9.59 Å². The van der Waals surface area contributed by atoms with Crippen LogP contribution in [-0.4, -0.2) is 16.8 Å². The zero-order valence-electron chi connectivity index (χ0n) is 12.5. The number of unbranched alkanes of at least 4 members (excludes halogenated alkanes) is 1. The fraction of sp³-hybridized carbons (Fsp3) is 0.235. The highest BCUT2D eigenvalue weighted by Crippen LogP contribution is 2.07. The van der Waals surface area contributed by atoms with Gasteiger partial charge < -0.3 is 0 Å². The molecule has 0 aliphatic rings. The molecule has 2 rings (SSSR count). The molecule has 0 saturated heterocycles. The van der Waals surface area contributed by atoms with E-state index in [0.29, 0.717) is 5.56 Å². The molecule has 0 atom stereocenters. The first-order valence-corrected chi connectivity index (χ1v) is 7.31. The Labute approximate surface area is 129 Å². The molecule has 5 nitrogen and oxygen atoms in total. The molecule has 1 aromatic heterocycles. The Morgan fingerprint density at radius 1 is 1.00 bits per heavy atom. The Balaban J connectivity index is 1.88. The van der Waals surface area contributed by atoms with Crippen LogP contribution >= 0.6 is 0 Å². The number of carbonyl (C=O) groups is 2. The van der Waals surface area contributed by atoms with Crippen molar-refractivity contribution in [1.82, 2.24) is 15.8 Å². The van der Waals surface area contributed by atoms with E-state index in [0.717, 1.165) is 19.3 Å². The SMILES string of the molecule is CCCCc1ccc(C(=O)NNC(=O)c2ccccn2)cc1. The molecule has 0 aliphatic carbocycles. The number of hydrazine groups is 1. The van der Waals surface area contributed by atoms with Crippen molar-refractivity contribution in [2.75, 3.05) is 0 Å². The van der Waals surface area contributed by atoms with E-state index in [1.807, 2.05) is 12.1 Å². The summed E-state index contributed by atoms with van der Waals surface area (Å²) in [5.41, 5.74) is 6.68. The number of hydrogen-bond donors (Lipinski definition) is 2. The van der Waals surface area contributed by atoms with E-state index in [1.54, 1.807) is 30.3 Å². The fourth-order valence-corrected chi connectivity index (χ4v) is 1.95. The smallest absolute Gasteiger partial charge is 0.267 e. The van der Waals surface area contributed by atoms with Crippen molar-refractivity contribution >= 4 is 11.8 Å². The normalized spacial score (nSPS) is 10.0. The molecular formula is C17H19N3O2. The Bertz CT molecular complexity index is 624. The van der Waals surface area contributed by atoms with Crippen molar-refractivity contribution in [1.29, 1.82) is 0 Å². The van der Waals surface area contributed by atoms with E-state index in [-0.39, 0.29) is 11.6 Å². The predicted octanol–water partition coefficient (Wildman–Crippen LogP) is 2.50. The standard InChI is InChI=1S/C17H19N3O2/c1-2-3-6-13-8-10-14(11-9-13)16(21)19-20-17(22)15-7-4-5-12-18-15/h4-5,7-12H,2-3,6H2,1H3,(H,19,21)(H,20,22). The van der Waals surface area contributed by atoms with Crippen LogP contribution in [0, 0.1) is 0 Å². The van der Waals surface area contributed by atoms with Crippen LogP contribution in [0.2, 0.25) is 0 Å². The number of nitrogens with zero attached hydrogens (tertiary/aromatic N) is 1. The summed E-state index contributed by atoms with van der Waals surface area (Å²) in [6.45, 7) is 2.14. The third kappa shape index (κ3) is 4.41. The number of aryl methyl sites for hydroxylation is 1. The lowest BCUT2D eigenvalue weighted by molar-refractivity contribution is 0.0844. The van der Waals surface area contributed by atoms with Gasteiger partial charge in [0.05, 0.1) is 0 Å². The molecule has 114 valence electrons. The largest absolute Gasteiger partial charge is 0.288 e. The summed E-state index contributed by atoms with van der Waals surface area (Å²) in [4.78, 5) is 27.6. The Kier molecular flexibility index (Phi) is 5.65. The van der Waals surface area contributed by atoms with Gasteiger partial charge in [-0.15, -0.1) is 0 Å². The highest BCUT2D eigenvalue weighted by molar-refractivity contribution is 5.98. The number of hydrogen-bond acceptors (Lipinski definition) is 3. The average molecular weight is 297 g/mol. The lowest BCUT2D eigenvalue weighted by Gasteiger charge is -2.07. The first-order valence-electron chi connectivity index (χ1n) is 7.31. The molecule has 0 bridgehead atoms. The average Bonchev–Trinajstić information content (AvgIpc) is 2.58. The van der Waals surface area contributed by atoms with Crippen LogP contribution in [0.3, 0.4) is 0 Å². The second-order valence-corrected chi connectivity index (χ2v) is 4.92. The van der Waals surface area contributed by atoms with Crippen LogP contribution in [0.4, 0.5) is 0 Å². The Morgan fingerprint density at radius 2 is 1.73 bits per heavy atom. The second-order valence-electron chi connectivity index (χ2n) is 4.92. The zero-order valence-corrected chi connectivity index (χ0v) is 12.5. The van der Waals surface area contributed by atoms with Gasteiger partial charge in [-0.2, -0.15) is 0 Å². The number of carbonyl (C=O) groups excluding carboxylic acids is 2. The van der Waals surface area contributed by atoms with Gasteiger partial charge in [0, 0.05) is 11.8 Å². The molecule has 0 unspecified atom stereocenters. The maximum absolute atomic E-state index is 12.0. The van der Waals surface area contributed by atoms with Gasteiger partial charge in [0.25, 0.3) is 11.8 Å². The van der Waals surface area contributed by atoms with Gasteiger partial charge in [0.2, 0.25) is 0 Å². The van der Waals surface area contributed by atoms with Crippen molar-refractivity contribution in [3.8, 4) is 0 Å². The van der Waals surface area contributed by atoms with E-state index in [4.69, 9.17) is 0 Å². The van der Waals surface area contributed by atoms with Crippen molar-refractivity contribution in [3.05, 3.63) is 65.5 Å². The Hall–Kier alpha value is -2.69. The van der Waals surface area contributed by atoms with Crippen LogP contribution in [-0.2, 0) is 6.42 Å². The number of aromatic nitrogens is 1. The number of amides is 2. The van der Waals surface area contributed by atoms with Crippen LogP contribution < -0.4 is 10.9 Å². The minimum atomic E-state index is -0.450. The van der Waals surface area contributed by atoms with Gasteiger partial charge in [-0.25, -0.2) is 0 Å². The molecule has 2 aromatic rings. The van der Waals surface area contributed by atoms with E-state index in [1.165, 1.54) is 11.8 Å². The van der Waals surface area contributed by atoms with Gasteiger partial charge in [0.1, 0.15) is 5.69 Å². The van der Waals surface area contributed by atoms with E-state index >= 15 is 0 Å². The van der Waals surface area contributed by atoms with Crippen molar-refractivity contribution in [2.24, 2.45) is 0 Å². The van der Waals surface area contributed by atoms with Crippen LogP contribution in [0.25, 0.3) is 0 Å². The van der Waals surface area contributed by atoms with Gasteiger partial charge >= 0.3 is 0 Å². The number of nitrogens with one attached hydrogen (secondary N) is 2.